The third-order valence-electron chi connectivity index (χ3n) is 11.1. The fraction of sp³-hybridized carbons (Fsp3) is 0.958. The van der Waals surface area contributed by atoms with Gasteiger partial charge in [0.1, 0.15) is 0 Å². The summed E-state index contributed by atoms with van der Waals surface area (Å²) in [5, 5.41) is 0. The molecule has 0 radical (unpaired) electrons. The normalized spacial score (nSPS) is 12.0. The average Bonchev–Trinajstić information content (AvgIpc) is 3.14. The summed E-state index contributed by atoms with van der Waals surface area (Å²) in [5.41, 5.74) is 0. The maximum atomic E-state index is 13.0. The third-order valence-corrected chi connectivity index (χ3v) is 11.1. The Kier molecular flexibility index (Phi) is 43.4. The van der Waals surface area contributed by atoms with E-state index >= 15 is 0 Å². The van der Waals surface area contributed by atoms with Gasteiger partial charge in [0, 0.05) is 6.42 Å². The van der Waals surface area contributed by atoms with Crippen LogP contribution in [0.1, 0.15) is 284 Å². The van der Waals surface area contributed by atoms with Crippen molar-refractivity contribution in [1.29, 1.82) is 0 Å². The van der Waals surface area contributed by atoms with Crippen molar-refractivity contribution < 1.29 is 19.1 Å². The number of carbonyl (C=O) groups is 2. The van der Waals surface area contributed by atoms with Crippen LogP contribution >= 0.6 is 0 Å². The van der Waals surface area contributed by atoms with Crippen molar-refractivity contribution in [3.63, 3.8) is 0 Å². The minimum Gasteiger partial charge on any atom is -0.463 e. The van der Waals surface area contributed by atoms with E-state index < -0.39 is 6.10 Å². The summed E-state index contributed by atoms with van der Waals surface area (Å²) in [5.74, 6) is -0.545. The predicted octanol–water partition coefficient (Wildman–Crippen LogP) is 16.5. The van der Waals surface area contributed by atoms with E-state index in [9.17, 15) is 9.59 Å². The molecule has 0 spiro atoms. The quantitative estimate of drug-likeness (QED) is 0.0462. The van der Waals surface area contributed by atoms with Crippen LogP contribution in [-0.4, -0.2) is 24.6 Å². The van der Waals surface area contributed by atoms with Crippen molar-refractivity contribution in [2.75, 3.05) is 6.61 Å². The predicted molar refractivity (Wildman–Crippen MR) is 227 cm³/mol. The Morgan fingerprint density at radius 3 is 0.942 bits per heavy atom. The summed E-state index contributed by atoms with van der Waals surface area (Å²) in [6.45, 7) is 7.28. The highest BCUT2D eigenvalue weighted by molar-refractivity contribution is 5.79. The second-order valence-corrected chi connectivity index (χ2v) is 16.4. The molecule has 0 bridgehead atoms. The molecule has 0 aliphatic rings. The molecule has 4 heteroatoms. The summed E-state index contributed by atoms with van der Waals surface area (Å²) >= 11 is 0. The van der Waals surface area contributed by atoms with Gasteiger partial charge in [0.05, 0.1) is 6.61 Å². The van der Waals surface area contributed by atoms with E-state index in [0.29, 0.717) is 19.4 Å². The molecule has 0 aromatic heterocycles. The molecule has 4 nitrogen and oxygen atoms in total. The van der Waals surface area contributed by atoms with Crippen molar-refractivity contribution in [3.05, 3.63) is 0 Å². The van der Waals surface area contributed by atoms with E-state index in [1.807, 2.05) is 0 Å². The number of esters is 2. The van der Waals surface area contributed by atoms with E-state index in [1.54, 1.807) is 0 Å². The molecule has 0 aromatic rings. The first kappa shape index (κ1) is 50.9. The topological polar surface area (TPSA) is 52.6 Å². The molecule has 0 heterocycles. The minimum absolute atomic E-state index is 0.221. The summed E-state index contributed by atoms with van der Waals surface area (Å²) in [6.07, 6.45) is 50.7. The number of hydrogen-bond acceptors (Lipinski definition) is 4. The van der Waals surface area contributed by atoms with Crippen molar-refractivity contribution >= 4 is 11.9 Å². The molecule has 0 aliphatic carbocycles. The fourth-order valence-corrected chi connectivity index (χ4v) is 7.46. The Bertz CT molecular complexity index is 706. The van der Waals surface area contributed by atoms with Gasteiger partial charge in [-0.1, -0.05) is 252 Å². The number of rotatable bonds is 44. The highest BCUT2D eigenvalue weighted by Crippen LogP contribution is 2.18. The van der Waals surface area contributed by atoms with Crippen LogP contribution in [-0.2, 0) is 19.1 Å². The fourth-order valence-electron chi connectivity index (χ4n) is 7.46. The molecule has 0 aliphatic heterocycles. The van der Waals surface area contributed by atoms with Crippen LogP contribution < -0.4 is 0 Å². The Hall–Kier alpha value is -1.06. The van der Waals surface area contributed by atoms with Crippen LogP contribution in [0.4, 0.5) is 0 Å². The largest absolute Gasteiger partial charge is 0.463 e. The van der Waals surface area contributed by atoms with Crippen LogP contribution in [0.2, 0.25) is 0 Å². The highest BCUT2D eigenvalue weighted by Gasteiger charge is 2.24. The average molecular weight is 735 g/mol. The summed E-state index contributed by atoms with van der Waals surface area (Å²) in [4.78, 5) is 25.8. The van der Waals surface area contributed by atoms with Gasteiger partial charge < -0.3 is 9.47 Å². The van der Waals surface area contributed by atoms with E-state index in [4.69, 9.17) is 9.47 Å². The van der Waals surface area contributed by atoms with Crippen LogP contribution in [0.5, 0.6) is 0 Å². The maximum absolute atomic E-state index is 13.0. The molecule has 310 valence electrons. The zero-order chi connectivity index (χ0) is 37.8. The molecule has 52 heavy (non-hydrogen) atoms. The first-order chi connectivity index (χ1) is 25.7. The zero-order valence-electron chi connectivity index (χ0n) is 35.9. The molecule has 0 saturated carbocycles. The van der Waals surface area contributed by atoms with Crippen molar-refractivity contribution in [3.8, 4) is 0 Å². The molecule has 1 atom stereocenters. The Morgan fingerprint density at radius 2 is 0.615 bits per heavy atom. The van der Waals surface area contributed by atoms with Gasteiger partial charge in [-0.3, -0.25) is 4.79 Å². The molecule has 0 rings (SSSR count). The SMILES string of the molecule is CCCCCCCCCCCCCCCCCC(=O)OC(CCCCCCCCCCCCCC)C(=O)OCCCCCCCCCCCCCC. The van der Waals surface area contributed by atoms with Crippen molar-refractivity contribution in [2.45, 2.75) is 290 Å². The zero-order valence-corrected chi connectivity index (χ0v) is 35.9. The summed E-state index contributed by atoms with van der Waals surface area (Å²) in [7, 11) is 0. The molecule has 0 aromatic carbocycles. The number of hydrogen-bond donors (Lipinski definition) is 0. The standard InChI is InChI=1S/C48H94O4/c1-4-7-10-13-16-19-22-25-26-27-29-32-35-38-41-44-47(49)52-46(43-40-37-34-31-28-23-20-17-14-11-8-5-2)48(50)51-45-42-39-36-33-30-24-21-18-15-12-9-6-3/h46H,4-45H2,1-3H3. The van der Waals surface area contributed by atoms with E-state index in [-0.39, 0.29) is 11.9 Å². The van der Waals surface area contributed by atoms with E-state index in [0.717, 1.165) is 38.5 Å². The lowest BCUT2D eigenvalue weighted by atomic mass is 10.0. The van der Waals surface area contributed by atoms with Crippen LogP contribution in [0, 0.1) is 0 Å². The van der Waals surface area contributed by atoms with Gasteiger partial charge >= 0.3 is 11.9 Å². The van der Waals surface area contributed by atoms with Gasteiger partial charge in [0.25, 0.3) is 0 Å². The smallest absolute Gasteiger partial charge is 0.347 e. The van der Waals surface area contributed by atoms with E-state index in [2.05, 4.69) is 20.8 Å². The molecule has 0 saturated heterocycles. The van der Waals surface area contributed by atoms with E-state index in [1.165, 1.54) is 212 Å². The first-order valence-corrected chi connectivity index (χ1v) is 24.0. The Labute approximate surface area is 326 Å². The molecule has 1 unspecified atom stereocenters. The number of ether oxygens (including phenoxy) is 2. The van der Waals surface area contributed by atoms with Crippen LogP contribution in [0.15, 0.2) is 0 Å². The second-order valence-electron chi connectivity index (χ2n) is 16.4. The Balaban J connectivity index is 4.18. The molecule has 0 amide bonds. The maximum Gasteiger partial charge on any atom is 0.347 e. The Morgan fingerprint density at radius 1 is 0.346 bits per heavy atom. The van der Waals surface area contributed by atoms with Crippen LogP contribution in [0.25, 0.3) is 0 Å². The van der Waals surface area contributed by atoms with Gasteiger partial charge in [-0.15, -0.1) is 0 Å². The molecule has 0 N–H and O–H groups in total. The van der Waals surface area contributed by atoms with Crippen molar-refractivity contribution in [2.24, 2.45) is 0 Å². The summed E-state index contributed by atoms with van der Waals surface area (Å²) < 4.78 is 11.5. The van der Waals surface area contributed by atoms with Gasteiger partial charge in [0.2, 0.25) is 0 Å². The number of unbranched alkanes of at least 4 members (excludes halogenated alkanes) is 36. The molecular weight excluding hydrogens is 641 g/mol. The molecular formula is C48H94O4. The van der Waals surface area contributed by atoms with Crippen LogP contribution in [0.3, 0.4) is 0 Å². The van der Waals surface area contributed by atoms with Gasteiger partial charge in [0.15, 0.2) is 6.10 Å². The molecule has 0 fully saturated rings. The highest BCUT2D eigenvalue weighted by atomic mass is 16.6. The third kappa shape index (κ3) is 40.1. The first-order valence-electron chi connectivity index (χ1n) is 24.0. The minimum atomic E-state index is -0.732. The van der Waals surface area contributed by atoms with Gasteiger partial charge in [-0.2, -0.15) is 0 Å². The summed E-state index contributed by atoms with van der Waals surface area (Å²) in [6, 6.07) is 0. The second kappa shape index (κ2) is 44.3. The lowest BCUT2D eigenvalue weighted by Crippen LogP contribution is -2.29. The van der Waals surface area contributed by atoms with Crippen molar-refractivity contribution in [1.82, 2.24) is 0 Å². The number of carbonyl (C=O) groups excluding carboxylic acids is 2. The lowest BCUT2D eigenvalue weighted by molar-refractivity contribution is -0.168. The monoisotopic (exact) mass is 735 g/mol. The van der Waals surface area contributed by atoms with Gasteiger partial charge in [-0.25, -0.2) is 4.79 Å². The lowest BCUT2D eigenvalue weighted by Gasteiger charge is -2.17. The van der Waals surface area contributed by atoms with Gasteiger partial charge in [-0.05, 0) is 25.7 Å².